The number of thiazole rings is 1. The Morgan fingerprint density at radius 2 is 2.04 bits per heavy atom. The Balaban J connectivity index is 1.50. The fourth-order valence-corrected chi connectivity index (χ4v) is 3.72. The lowest BCUT2D eigenvalue weighted by Crippen LogP contribution is -2.44. The molecule has 3 heterocycles. The highest BCUT2D eigenvalue weighted by Crippen LogP contribution is 2.14. The number of hydrogen-bond acceptors (Lipinski definition) is 6. The first-order chi connectivity index (χ1) is 13.6. The summed E-state index contributed by atoms with van der Waals surface area (Å²) in [5, 5.41) is 9.92. The van der Waals surface area contributed by atoms with Crippen molar-refractivity contribution in [2.45, 2.75) is 26.8 Å². The van der Waals surface area contributed by atoms with Crippen molar-refractivity contribution in [2.24, 2.45) is 4.99 Å². The molecule has 0 atom stereocenters. The number of piperazine rings is 1. The lowest BCUT2D eigenvalue weighted by molar-refractivity contribution is 0.312. The van der Waals surface area contributed by atoms with Gasteiger partial charge < -0.3 is 20.4 Å². The summed E-state index contributed by atoms with van der Waals surface area (Å²) < 4.78 is 0. The van der Waals surface area contributed by atoms with Crippen molar-refractivity contribution in [1.29, 1.82) is 0 Å². The fourth-order valence-electron chi connectivity index (χ4n) is 3.08. The number of nitrogens with one attached hydrogen (secondary N) is 2. The molecule has 1 saturated heterocycles. The second-order valence-corrected chi connectivity index (χ2v) is 8.11. The van der Waals surface area contributed by atoms with Gasteiger partial charge in [-0.05, 0) is 32.5 Å². The number of hydrogen-bond donors (Lipinski definition) is 2. The van der Waals surface area contributed by atoms with Crippen LogP contribution in [0.25, 0.3) is 0 Å². The molecular weight excluding hydrogens is 370 g/mol. The Kier molecular flexibility index (Phi) is 7.62. The first-order valence-electron chi connectivity index (χ1n) is 9.95. The monoisotopic (exact) mass is 401 g/mol. The minimum atomic E-state index is 0.612. The lowest BCUT2D eigenvalue weighted by atomic mass is 10.2. The van der Waals surface area contributed by atoms with Gasteiger partial charge in [0.25, 0.3) is 0 Å². The van der Waals surface area contributed by atoms with E-state index >= 15 is 0 Å². The molecule has 0 bridgehead atoms. The van der Waals surface area contributed by atoms with Crippen LogP contribution >= 0.6 is 11.3 Å². The minimum absolute atomic E-state index is 0.612. The SMILES string of the molecule is CCNC(=NCc1ccc(N2CCN(C)CC2)nc1)NCCc1csc(C)n1. The van der Waals surface area contributed by atoms with Gasteiger partial charge in [0.1, 0.15) is 5.82 Å². The van der Waals surface area contributed by atoms with Gasteiger partial charge in [-0.15, -0.1) is 11.3 Å². The Bertz CT molecular complexity index is 748. The second kappa shape index (κ2) is 10.4. The lowest BCUT2D eigenvalue weighted by Gasteiger charge is -2.33. The van der Waals surface area contributed by atoms with E-state index in [-0.39, 0.29) is 0 Å². The van der Waals surface area contributed by atoms with Gasteiger partial charge in [-0.2, -0.15) is 0 Å². The number of anilines is 1. The van der Waals surface area contributed by atoms with E-state index in [4.69, 9.17) is 0 Å². The normalized spacial score (nSPS) is 15.7. The molecule has 1 aliphatic heterocycles. The first kappa shape index (κ1) is 20.5. The summed E-state index contributed by atoms with van der Waals surface area (Å²) >= 11 is 1.69. The van der Waals surface area contributed by atoms with Crippen LogP contribution in [0.4, 0.5) is 5.82 Å². The van der Waals surface area contributed by atoms with E-state index in [9.17, 15) is 0 Å². The third-order valence-corrected chi connectivity index (χ3v) is 5.56. The molecule has 0 aliphatic carbocycles. The van der Waals surface area contributed by atoms with Crippen LogP contribution in [-0.4, -0.2) is 67.1 Å². The van der Waals surface area contributed by atoms with Crippen LogP contribution in [0, 0.1) is 6.92 Å². The topological polar surface area (TPSA) is 68.7 Å². The maximum absolute atomic E-state index is 4.69. The third-order valence-electron chi connectivity index (χ3n) is 4.74. The van der Waals surface area contributed by atoms with E-state index in [1.807, 2.05) is 13.1 Å². The number of likely N-dealkylation sites (N-methyl/N-ethyl adjacent to an activating group) is 1. The average Bonchev–Trinajstić information content (AvgIpc) is 3.12. The number of aromatic nitrogens is 2. The molecule has 1 fully saturated rings. The molecule has 2 aromatic rings. The van der Waals surface area contributed by atoms with Crippen LogP contribution in [0.5, 0.6) is 0 Å². The molecule has 0 unspecified atom stereocenters. The van der Waals surface area contributed by atoms with E-state index < -0.39 is 0 Å². The highest BCUT2D eigenvalue weighted by atomic mass is 32.1. The maximum atomic E-state index is 4.69. The van der Waals surface area contributed by atoms with Crippen molar-refractivity contribution in [2.75, 3.05) is 51.2 Å². The fraction of sp³-hybridized carbons (Fsp3) is 0.550. The van der Waals surface area contributed by atoms with Crippen molar-refractivity contribution in [3.8, 4) is 0 Å². The Morgan fingerprint density at radius 1 is 1.21 bits per heavy atom. The number of rotatable bonds is 7. The minimum Gasteiger partial charge on any atom is -0.357 e. The quantitative estimate of drug-likeness (QED) is 0.546. The van der Waals surface area contributed by atoms with Gasteiger partial charge in [-0.3, -0.25) is 0 Å². The van der Waals surface area contributed by atoms with Crippen LogP contribution in [0.1, 0.15) is 23.2 Å². The molecule has 8 heteroatoms. The summed E-state index contributed by atoms with van der Waals surface area (Å²) in [6.07, 6.45) is 2.84. The molecular formula is C20H31N7S. The zero-order valence-electron chi connectivity index (χ0n) is 17.1. The highest BCUT2D eigenvalue weighted by molar-refractivity contribution is 7.09. The standard InChI is InChI=1S/C20H31N7S/c1-4-21-20(22-8-7-18-15-28-16(2)25-18)24-14-17-5-6-19(23-13-17)27-11-9-26(3)10-12-27/h5-6,13,15H,4,7-12,14H2,1-3H3,(H2,21,22,24). The van der Waals surface area contributed by atoms with E-state index in [1.54, 1.807) is 11.3 Å². The van der Waals surface area contributed by atoms with E-state index in [0.717, 1.165) is 73.7 Å². The molecule has 2 N–H and O–H groups in total. The summed E-state index contributed by atoms with van der Waals surface area (Å²) in [6, 6.07) is 4.24. The molecule has 0 spiro atoms. The molecule has 7 nitrogen and oxygen atoms in total. The van der Waals surface area contributed by atoms with E-state index in [0.29, 0.717) is 6.54 Å². The third kappa shape index (κ3) is 6.17. The summed E-state index contributed by atoms with van der Waals surface area (Å²) in [5.74, 6) is 1.89. The maximum Gasteiger partial charge on any atom is 0.191 e. The molecule has 1 aliphatic rings. The highest BCUT2D eigenvalue weighted by Gasteiger charge is 2.14. The van der Waals surface area contributed by atoms with E-state index in [2.05, 4.69) is 66.9 Å². The molecule has 0 saturated carbocycles. The van der Waals surface area contributed by atoms with Crippen LogP contribution in [-0.2, 0) is 13.0 Å². The zero-order valence-corrected chi connectivity index (χ0v) is 17.9. The molecule has 0 radical (unpaired) electrons. The predicted molar refractivity (Wildman–Crippen MR) is 117 cm³/mol. The second-order valence-electron chi connectivity index (χ2n) is 7.04. The average molecular weight is 402 g/mol. The summed E-state index contributed by atoms with van der Waals surface area (Å²) in [4.78, 5) is 18.5. The van der Waals surface area contributed by atoms with Gasteiger partial charge in [0.05, 0.1) is 17.2 Å². The van der Waals surface area contributed by atoms with E-state index in [1.165, 1.54) is 0 Å². The first-order valence-corrected chi connectivity index (χ1v) is 10.8. The Morgan fingerprint density at radius 3 is 2.68 bits per heavy atom. The molecule has 2 aromatic heterocycles. The smallest absolute Gasteiger partial charge is 0.191 e. The van der Waals surface area contributed by atoms with Crippen molar-refractivity contribution in [3.63, 3.8) is 0 Å². The van der Waals surface area contributed by atoms with Gasteiger partial charge in [0.15, 0.2) is 5.96 Å². The van der Waals surface area contributed by atoms with Gasteiger partial charge in [-0.25, -0.2) is 15.0 Å². The number of aliphatic imine (C=N–C) groups is 1. The van der Waals surface area contributed by atoms with Crippen LogP contribution in [0.15, 0.2) is 28.7 Å². The Labute approximate surface area is 171 Å². The van der Waals surface area contributed by atoms with Crippen molar-refractivity contribution in [3.05, 3.63) is 40.0 Å². The molecule has 0 aromatic carbocycles. The molecule has 0 amide bonds. The summed E-state index contributed by atoms with van der Waals surface area (Å²) in [6.45, 7) is 10.6. The molecule has 28 heavy (non-hydrogen) atoms. The number of guanidine groups is 1. The number of pyridine rings is 1. The zero-order chi connectivity index (χ0) is 19.8. The van der Waals surface area contributed by atoms with Crippen molar-refractivity contribution < 1.29 is 0 Å². The number of nitrogens with zero attached hydrogens (tertiary/aromatic N) is 5. The predicted octanol–water partition coefficient (Wildman–Crippen LogP) is 1.90. The summed E-state index contributed by atoms with van der Waals surface area (Å²) in [7, 11) is 2.17. The van der Waals surface area contributed by atoms with Gasteiger partial charge >= 0.3 is 0 Å². The number of aryl methyl sites for hydroxylation is 1. The summed E-state index contributed by atoms with van der Waals surface area (Å²) in [5.41, 5.74) is 2.25. The van der Waals surface area contributed by atoms with Crippen molar-refractivity contribution in [1.82, 2.24) is 25.5 Å². The van der Waals surface area contributed by atoms with Crippen LogP contribution in [0.3, 0.4) is 0 Å². The van der Waals surface area contributed by atoms with Crippen molar-refractivity contribution >= 4 is 23.1 Å². The molecule has 3 rings (SSSR count). The van der Waals surface area contributed by atoms with Crippen LogP contribution < -0.4 is 15.5 Å². The van der Waals surface area contributed by atoms with Gasteiger partial charge in [0.2, 0.25) is 0 Å². The molecule has 152 valence electrons. The van der Waals surface area contributed by atoms with Gasteiger partial charge in [-0.1, -0.05) is 6.07 Å². The van der Waals surface area contributed by atoms with Crippen LogP contribution in [0.2, 0.25) is 0 Å². The Hall–Kier alpha value is -2.19. The van der Waals surface area contributed by atoms with Gasteiger partial charge in [0, 0.05) is 57.3 Å². The largest absolute Gasteiger partial charge is 0.357 e.